The zero-order valence-corrected chi connectivity index (χ0v) is 10.2. The van der Waals surface area contributed by atoms with E-state index in [4.69, 9.17) is 0 Å². The summed E-state index contributed by atoms with van der Waals surface area (Å²) in [6, 6.07) is 10.1. The molecule has 1 aliphatic rings. The Bertz CT molecular complexity index is 362. The van der Waals surface area contributed by atoms with Gasteiger partial charge >= 0.3 is 0 Å². The van der Waals surface area contributed by atoms with Crippen LogP contribution in [0.5, 0.6) is 0 Å². The molecule has 0 bridgehead atoms. The van der Waals surface area contributed by atoms with Crippen molar-refractivity contribution in [2.45, 2.75) is 38.6 Å². The maximum Gasteiger partial charge on any atom is 0.113 e. The van der Waals surface area contributed by atoms with Crippen LogP contribution in [0.2, 0.25) is 0 Å². The van der Waals surface area contributed by atoms with E-state index in [1.807, 2.05) is 18.2 Å². The molecule has 0 amide bonds. The molecule has 2 heteroatoms. The summed E-state index contributed by atoms with van der Waals surface area (Å²) in [5.74, 6) is 0.0700. The van der Waals surface area contributed by atoms with Crippen molar-refractivity contribution in [3.63, 3.8) is 0 Å². The SMILES string of the molecule is FC(CNCc1ccccc1)=C1CCCCC1. The fourth-order valence-corrected chi connectivity index (χ4v) is 2.29. The first kappa shape index (κ1) is 12.3. The second-order valence-corrected chi connectivity index (χ2v) is 4.66. The zero-order chi connectivity index (χ0) is 11.9. The van der Waals surface area contributed by atoms with Crippen LogP contribution in [0.1, 0.15) is 37.7 Å². The van der Waals surface area contributed by atoms with Crippen LogP contribution in [0.4, 0.5) is 4.39 Å². The van der Waals surface area contributed by atoms with E-state index in [1.165, 1.54) is 12.0 Å². The Morgan fingerprint density at radius 3 is 2.47 bits per heavy atom. The molecule has 1 fully saturated rings. The van der Waals surface area contributed by atoms with Crippen LogP contribution in [0, 0.1) is 0 Å². The largest absolute Gasteiger partial charge is 0.306 e. The van der Waals surface area contributed by atoms with Crippen molar-refractivity contribution in [1.82, 2.24) is 5.32 Å². The molecule has 1 aliphatic carbocycles. The van der Waals surface area contributed by atoms with Gasteiger partial charge in [-0.3, -0.25) is 0 Å². The molecule has 1 aromatic rings. The molecule has 0 unspecified atom stereocenters. The monoisotopic (exact) mass is 233 g/mol. The Morgan fingerprint density at radius 1 is 1.06 bits per heavy atom. The highest BCUT2D eigenvalue weighted by Crippen LogP contribution is 2.25. The van der Waals surface area contributed by atoms with Gasteiger partial charge in [-0.05, 0) is 36.8 Å². The minimum atomic E-state index is 0.0700. The zero-order valence-electron chi connectivity index (χ0n) is 10.2. The highest BCUT2D eigenvalue weighted by atomic mass is 19.1. The second-order valence-electron chi connectivity index (χ2n) is 4.66. The van der Waals surface area contributed by atoms with Gasteiger partial charge < -0.3 is 5.32 Å². The lowest BCUT2D eigenvalue weighted by Gasteiger charge is -2.15. The molecule has 0 aromatic heterocycles. The van der Waals surface area contributed by atoms with E-state index < -0.39 is 0 Å². The maximum atomic E-state index is 13.8. The molecule has 0 aliphatic heterocycles. The smallest absolute Gasteiger partial charge is 0.113 e. The number of hydrogen-bond donors (Lipinski definition) is 1. The Hall–Kier alpha value is -1.15. The van der Waals surface area contributed by atoms with Gasteiger partial charge in [0.2, 0.25) is 0 Å². The standard InChI is InChI=1S/C15H20FN/c16-15(14-9-5-2-6-10-14)12-17-11-13-7-3-1-4-8-13/h1,3-4,7-8,17H,2,5-6,9-12H2. The number of allylic oxidation sites excluding steroid dienone is 1. The van der Waals surface area contributed by atoms with Gasteiger partial charge in [0.25, 0.3) is 0 Å². The van der Waals surface area contributed by atoms with Gasteiger partial charge in [0.15, 0.2) is 0 Å². The van der Waals surface area contributed by atoms with Crippen LogP contribution in [0.15, 0.2) is 41.7 Å². The van der Waals surface area contributed by atoms with Crippen LogP contribution in [0.3, 0.4) is 0 Å². The van der Waals surface area contributed by atoms with E-state index in [2.05, 4.69) is 17.4 Å². The summed E-state index contributed by atoms with van der Waals surface area (Å²) in [4.78, 5) is 0. The molecule has 92 valence electrons. The van der Waals surface area contributed by atoms with Crippen LogP contribution < -0.4 is 5.32 Å². The first-order chi connectivity index (χ1) is 8.36. The topological polar surface area (TPSA) is 12.0 Å². The highest BCUT2D eigenvalue weighted by Gasteiger charge is 2.10. The molecular formula is C15H20FN. The number of rotatable bonds is 4. The minimum Gasteiger partial charge on any atom is -0.306 e. The lowest BCUT2D eigenvalue weighted by molar-refractivity contribution is 0.514. The van der Waals surface area contributed by atoms with Crippen LogP contribution in [0.25, 0.3) is 0 Å². The third-order valence-electron chi connectivity index (χ3n) is 3.29. The molecule has 1 saturated carbocycles. The first-order valence-corrected chi connectivity index (χ1v) is 6.47. The summed E-state index contributed by atoms with van der Waals surface area (Å²) < 4.78 is 13.8. The quantitative estimate of drug-likeness (QED) is 0.830. The maximum absolute atomic E-state index is 13.8. The summed E-state index contributed by atoms with van der Waals surface area (Å²) in [5.41, 5.74) is 2.24. The van der Waals surface area contributed by atoms with Crippen LogP contribution in [-0.2, 0) is 6.54 Å². The van der Waals surface area contributed by atoms with E-state index >= 15 is 0 Å². The molecule has 2 rings (SSSR count). The molecule has 0 heterocycles. The van der Waals surface area contributed by atoms with Crippen molar-refractivity contribution in [3.05, 3.63) is 47.3 Å². The van der Waals surface area contributed by atoms with Crippen LogP contribution >= 0.6 is 0 Å². The molecule has 1 N–H and O–H groups in total. The minimum absolute atomic E-state index is 0.0700. The van der Waals surface area contributed by atoms with Gasteiger partial charge in [-0.25, -0.2) is 4.39 Å². The lowest BCUT2D eigenvalue weighted by Crippen LogP contribution is -2.16. The third kappa shape index (κ3) is 3.97. The fourth-order valence-electron chi connectivity index (χ4n) is 2.29. The first-order valence-electron chi connectivity index (χ1n) is 6.47. The van der Waals surface area contributed by atoms with Gasteiger partial charge in [0, 0.05) is 13.1 Å². The predicted molar refractivity (Wildman–Crippen MR) is 69.4 cm³/mol. The van der Waals surface area contributed by atoms with Crippen molar-refractivity contribution in [2.75, 3.05) is 6.54 Å². The Morgan fingerprint density at radius 2 is 1.76 bits per heavy atom. The van der Waals surface area contributed by atoms with E-state index in [1.54, 1.807) is 0 Å². The van der Waals surface area contributed by atoms with Crippen molar-refractivity contribution < 1.29 is 4.39 Å². The third-order valence-corrected chi connectivity index (χ3v) is 3.29. The molecule has 0 radical (unpaired) electrons. The van der Waals surface area contributed by atoms with Crippen molar-refractivity contribution >= 4 is 0 Å². The van der Waals surface area contributed by atoms with Gasteiger partial charge in [-0.2, -0.15) is 0 Å². The lowest BCUT2D eigenvalue weighted by atomic mass is 9.94. The summed E-state index contributed by atoms with van der Waals surface area (Å²) >= 11 is 0. The van der Waals surface area contributed by atoms with Gasteiger partial charge in [0.05, 0.1) is 0 Å². The number of halogens is 1. The van der Waals surface area contributed by atoms with Gasteiger partial charge in [-0.15, -0.1) is 0 Å². The summed E-state index contributed by atoms with van der Waals surface area (Å²) in [5, 5.41) is 3.17. The van der Waals surface area contributed by atoms with Gasteiger partial charge in [-0.1, -0.05) is 36.8 Å². The van der Waals surface area contributed by atoms with E-state index in [0.717, 1.165) is 37.8 Å². The molecule has 1 aromatic carbocycles. The molecule has 0 spiro atoms. The second kappa shape index (κ2) is 6.55. The average molecular weight is 233 g/mol. The summed E-state index contributed by atoms with van der Waals surface area (Å²) in [7, 11) is 0. The van der Waals surface area contributed by atoms with E-state index in [-0.39, 0.29) is 5.83 Å². The fraction of sp³-hybridized carbons (Fsp3) is 0.467. The predicted octanol–water partition coefficient (Wildman–Crippen LogP) is 3.96. The molecular weight excluding hydrogens is 213 g/mol. The molecule has 1 nitrogen and oxygen atoms in total. The molecule has 0 saturated heterocycles. The summed E-state index contributed by atoms with van der Waals surface area (Å²) in [6.45, 7) is 1.12. The van der Waals surface area contributed by atoms with Crippen molar-refractivity contribution in [3.8, 4) is 0 Å². The normalized spacial score (nSPS) is 15.9. The van der Waals surface area contributed by atoms with E-state index in [9.17, 15) is 4.39 Å². The van der Waals surface area contributed by atoms with E-state index in [0.29, 0.717) is 6.54 Å². The Balaban J connectivity index is 1.78. The average Bonchev–Trinajstić information content (AvgIpc) is 2.41. The number of benzene rings is 1. The molecule has 17 heavy (non-hydrogen) atoms. The number of hydrogen-bond acceptors (Lipinski definition) is 1. The molecule has 0 atom stereocenters. The van der Waals surface area contributed by atoms with Crippen LogP contribution in [-0.4, -0.2) is 6.54 Å². The Kier molecular flexibility index (Phi) is 4.75. The number of nitrogens with one attached hydrogen (secondary N) is 1. The van der Waals surface area contributed by atoms with Crippen molar-refractivity contribution in [2.24, 2.45) is 0 Å². The Labute approximate surface area is 103 Å². The van der Waals surface area contributed by atoms with Gasteiger partial charge in [0.1, 0.15) is 5.83 Å². The van der Waals surface area contributed by atoms with Crippen molar-refractivity contribution in [1.29, 1.82) is 0 Å². The summed E-state index contributed by atoms with van der Waals surface area (Å²) in [6.07, 6.45) is 5.48. The highest BCUT2D eigenvalue weighted by molar-refractivity contribution is 5.15.